The van der Waals surface area contributed by atoms with Gasteiger partial charge in [-0.3, -0.25) is 4.79 Å². The lowest BCUT2D eigenvalue weighted by Gasteiger charge is -2.58. The molecular formula is C15H23N3O. The van der Waals surface area contributed by atoms with E-state index in [2.05, 4.69) is 5.32 Å². The first kappa shape index (κ1) is 12.9. The third-order valence-corrected chi connectivity index (χ3v) is 5.56. The monoisotopic (exact) mass is 261 g/mol. The maximum atomic E-state index is 12.2. The Kier molecular flexibility index (Phi) is 3.26. The molecule has 4 heteroatoms. The number of hydrogen-bond donors (Lipinski definition) is 2. The van der Waals surface area contributed by atoms with Gasteiger partial charge in [0.1, 0.15) is 0 Å². The number of rotatable bonds is 4. The molecule has 4 aliphatic rings. The fourth-order valence-corrected chi connectivity index (χ4v) is 5.19. The zero-order valence-electron chi connectivity index (χ0n) is 11.4. The van der Waals surface area contributed by atoms with Crippen LogP contribution in [0.1, 0.15) is 44.9 Å². The van der Waals surface area contributed by atoms with Crippen molar-refractivity contribution < 1.29 is 4.79 Å². The molecule has 4 rings (SSSR count). The summed E-state index contributed by atoms with van der Waals surface area (Å²) >= 11 is 0. The summed E-state index contributed by atoms with van der Waals surface area (Å²) in [6.45, 7) is 0.426. The van der Waals surface area contributed by atoms with E-state index in [4.69, 9.17) is 11.0 Å². The van der Waals surface area contributed by atoms with Gasteiger partial charge in [-0.05, 0) is 61.7 Å². The van der Waals surface area contributed by atoms with Crippen LogP contribution in [0, 0.1) is 34.5 Å². The van der Waals surface area contributed by atoms with E-state index in [0.717, 1.165) is 37.0 Å². The molecule has 104 valence electrons. The minimum atomic E-state index is -0.375. The summed E-state index contributed by atoms with van der Waals surface area (Å²) in [6, 6.07) is 1.67. The van der Waals surface area contributed by atoms with Crippen molar-refractivity contribution in [2.24, 2.45) is 28.9 Å². The standard InChI is InChI=1S/C15H23N3O/c16-2-1-3-18-14(19)13(17)15-7-10-4-11(8-15)6-12(5-10)9-15/h10-13H,1,3-9,17H2,(H,18,19). The number of amides is 1. The summed E-state index contributed by atoms with van der Waals surface area (Å²) in [4.78, 5) is 12.2. The first-order valence-electron chi connectivity index (χ1n) is 7.53. The lowest BCUT2D eigenvalue weighted by molar-refractivity contribution is -0.132. The van der Waals surface area contributed by atoms with Gasteiger partial charge in [0.05, 0.1) is 18.5 Å². The Morgan fingerprint density at radius 3 is 2.26 bits per heavy atom. The molecule has 3 N–H and O–H groups in total. The highest BCUT2D eigenvalue weighted by Crippen LogP contribution is 2.60. The number of hydrogen-bond acceptors (Lipinski definition) is 3. The first-order valence-corrected chi connectivity index (χ1v) is 7.53. The maximum Gasteiger partial charge on any atom is 0.237 e. The molecule has 0 aliphatic heterocycles. The predicted molar refractivity (Wildman–Crippen MR) is 71.8 cm³/mol. The van der Waals surface area contributed by atoms with Gasteiger partial charge in [-0.25, -0.2) is 0 Å². The quantitative estimate of drug-likeness (QED) is 0.754. The Balaban J connectivity index is 1.67. The number of carbonyl (C=O) groups excluding carboxylic acids is 1. The molecule has 4 aliphatic carbocycles. The van der Waals surface area contributed by atoms with Gasteiger partial charge in [-0.15, -0.1) is 0 Å². The topological polar surface area (TPSA) is 78.9 Å². The van der Waals surface area contributed by atoms with Gasteiger partial charge in [-0.1, -0.05) is 0 Å². The van der Waals surface area contributed by atoms with Gasteiger partial charge in [0, 0.05) is 6.54 Å². The zero-order chi connectivity index (χ0) is 13.5. The van der Waals surface area contributed by atoms with E-state index >= 15 is 0 Å². The summed E-state index contributed by atoms with van der Waals surface area (Å²) in [5.41, 5.74) is 6.36. The third-order valence-electron chi connectivity index (χ3n) is 5.56. The van der Waals surface area contributed by atoms with Crippen LogP contribution in [-0.2, 0) is 4.79 Å². The molecule has 0 radical (unpaired) electrons. The van der Waals surface area contributed by atoms with E-state index in [9.17, 15) is 4.79 Å². The van der Waals surface area contributed by atoms with E-state index in [1.165, 1.54) is 19.3 Å². The summed E-state index contributed by atoms with van der Waals surface area (Å²) in [5, 5.41) is 11.3. The highest BCUT2D eigenvalue weighted by Gasteiger charge is 2.54. The molecule has 4 bridgehead atoms. The third kappa shape index (κ3) is 2.25. The van der Waals surface area contributed by atoms with Crippen LogP contribution in [0.2, 0.25) is 0 Å². The summed E-state index contributed by atoms with van der Waals surface area (Å²) in [5.74, 6) is 2.38. The molecule has 4 fully saturated rings. The van der Waals surface area contributed by atoms with E-state index in [1.807, 2.05) is 6.07 Å². The largest absolute Gasteiger partial charge is 0.354 e. The van der Waals surface area contributed by atoms with Crippen LogP contribution in [0.4, 0.5) is 0 Å². The molecular weight excluding hydrogens is 238 g/mol. The fraction of sp³-hybridized carbons (Fsp3) is 0.867. The first-order chi connectivity index (χ1) is 9.13. The van der Waals surface area contributed by atoms with Gasteiger partial charge in [0.2, 0.25) is 5.91 Å². The van der Waals surface area contributed by atoms with Gasteiger partial charge in [0.25, 0.3) is 0 Å². The minimum Gasteiger partial charge on any atom is -0.354 e. The second kappa shape index (κ2) is 4.79. The van der Waals surface area contributed by atoms with Crippen molar-refractivity contribution in [1.29, 1.82) is 5.26 Å². The molecule has 0 heterocycles. The fourth-order valence-electron chi connectivity index (χ4n) is 5.19. The number of nitriles is 1. The van der Waals surface area contributed by atoms with Crippen LogP contribution in [0.25, 0.3) is 0 Å². The SMILES string of the molecule is N#CCCNC(=O)C(N)C12CC3CC(CC(C3)C1)C2. The lowest BCUT2D eigenvalue weighted by atomic mass is 9.47. The Hall–Kier alpha value is -1.08. The van der Waals surface area contributed by atoms with Crippen molar-refractivity contribution in [3.05, 3.63) is 0 Å². The molecule has 19 heavy (non-hydrogen) atoms. The average Bonchev–Trinajstić information content (AvgIpc) is 2.36. The number of carbonyl (C=O) groups is 1. The van der Waals surface area contributed by atoms with E-state index in [0.29, 0.717) is 13.0 Å². The minimum absolute atomic E-state index is 0.0443. The van der Waals surface area contributed by atoms with Crippen molar-refractivity contribution in [2.45, 2.75) is 51.0 Å². The van der Waals surface area contributed by atoms with Gasteiger partial charge >= 0.3 is 0 Å². The van der Waals surface area contributed by atoms with Gasteiger partial charge < -0.3 is 11.1 Å². The van der Waals surface area contributed by atoms with Crippen molar-refractivity contribution in [3.8, 4) is 6.07 Å². The molecule has 1 unspecified atom stereocenters. The van der Waals surface area contributed by atoms with Crippen LogP contribution in [-0.4, -0.2) is 18.5 Å². The Morgan fingerprint density at radius 2 is 1.79 bits per heavy atom. The molecule has 0 aromatic carbocycles. The Bertz CT molecular complexity index is 377. The smallest absolute Gasteiger partial charge is 0.237 e. The molecule has 0 spiro atoms. The van der Waals surface area contributed by atoms with Crippen molar-refractivity contribution in [3.63, 3.8) is 0 Å². The molecule has 1 amide bonds. The average molecular weight is 261 g/mol. The highest BCUT2D eigenvalue weighted by molar-refractivity contribution is 5.82. The van der Waals surface area contributed by atoms with Gasteiger partial charge in [-0.2, -0.15) is 5.26 Å². The summed E-state index contributed by atoms with van der Waals surface area (Å²) < 4.78 is 0. The van der Waals surface area contributed by atoms with Crippen molar-refractivity contribution in [1.82, 2.24) is 5.32 Å². The lowest BCUT2D eigenvalue weighted by Crippen LogP contribution is -2.59. The number of nitrogens with one attached hydrogen (secondary N) is 1. The van der Waals surface area contributed by atoms with Crippen LogP contribution >= 0.6 is 0 Å². The van der Waals surface area contributed by atoms with Crippen LogP contribution in [0.5, 0.6) is 0 Å². The molecule has 0 saturated heterocycles. The zero-order valence-corrected chi connectivity index (χ0v) is 11.4. The summed E-state index contributed by atoms with van der Waals surface area (Å²) in [7, 11) is 0. The van der Waals surface area contributed by atoms with Crippen molar-refractivity contribution in [2.75, 3.05) is 6.54 Å². The van der Waals surface area contributed by atoms with Gasteiger partial charge in [0.15, 0.2) is 0 Å². The number of nitrogens with two attached hydrogens (primary N) is 1. The molecule has 0 aromatic heterocycles. The molecule has 4 nitrogen and oxygen atoms in total. The summed E-state index contributed by atoms with van der Waals surface area (Å²) in [6.07, 6.45) is 7.88. The van der Waals surface area contributed by atoms with Crippen molar-refractivity contribution >= 4 is 5.91 Å². The van der Waals surface area contributed by atoms with Crippen LogP contribution < -0.4 is 11.1 Å². The molecule has 0 aromatic rings. The van der Waals surface area contributed by atoms with E-state index < -0.39 is 0 Å². The van der Waals surface area contributed by atoms with E-state index in [-0.39, 0.29) is 17.4 Å². The second-order valence-corrected chi connectivity index (χ2v) is 6.96. The number of nitrogens with zero attached hydrogens (tertiary/aromatic N) is 1. The Labute approximate surface area is 114 Å². The van der Waals surface area contributed by atoms with E-state index in [1.54, 1.807) is 0 Å². The normalized spacial score (nSPS) is 40.7. The highest BCUT2D eigenvalue weighted by atomic mass is 16.2. The van der Waals surface area contributed by atoms with Crippen LogP contribution in [0.15, 0.2) is 0 Å². The van der Waals surface area contributed by atoms with Crippen LogP contribution in [0.3, 0.4) is 0 Å². The maximum absolute atomic E-state index is 12.2. The second-order valence-electron chi connectivity index (χ2n) is 6.96. The Morgan fingerprint density at radius 1 is 1.26 bits per heavy atom. The molecule has 4 saturated carbocycles. The predicted octanol–water partition coefficient (Wildman–Crippen LogP) is 1.56. The molecule has 1 atom stereocenters.